The Labute approximate surface area is 201 Å². The summed E-state index contributed by atoms with van der Waals surface area (Å²) in [6, 6.07) is 13.8. The molecule has 2 aromatic rings. The number of nitrogens with one attached hydrogen (secondary N) is 1. The second kappa shape index (κ2) is 10.7. The maximum absolute atomic E-state index is 12.9. The number of rotatable bonds is 7. The second-order valence-electron chi connectivity index (χ2n) is 8.88. The highest BCUT2D eigenvalue weighted by molar-refractivity contribution is 7.89. The highest BCUT2D eigenvalue weighted by Gasteiger charge is 2.29. The summed E-state index contributed by atoms with van der Waals surface area (Å²) in [5.74, 6) is -0.340. The van der Waals surface area contributed by atoms with Crippen molar-refractivity contribution in [3.8, 4) is 0 Å². The van der Waals surface area contributed by atoms with Gasteiger partial charge in [0, 0.05) is 50.9 Å². The minimum Gasteiger partial charge on any atom is -0.340 e. The molecule has 34 heavy (non-hydrogen) atoms. The van der Waals surface area contributed by atoms with E-state index in [4.69, 9.17) is 0 Å². The number of carbonyl (C=O) groups is 2. The van der Waals surface area contributed by atoms with E-state index in [0.717, 1.165) is 13.0 Å². The van der Waals surface area contributed by atoms with Crippen LogP contribution in [0.3, 0.4) is 0 Å². The SMILES string of the molecule is CC(=O)N1CCN(S(=O)(=O)c2ccc(C(=O)Nc3ccc(CCN4CCCC4)cc3)cc2)CC1. The summed E-state index contributed by atoms with van der Waals surface area (Å²) in [4.78, 5) is 28.4. The van der Waals surface area contributed by atoms with Crippen LogP contribution in [-0.2, 0) is 21.2 Å². The zero-order valence-corrected chi connectivity index (χ0v) is 20.4. The van der Waals surface area contributed by atoms with Crippen molar-refractivity contribution in [1.29, 1.82) is 0 Å². The fourth-order valence-electron chi connectivity index (χ4n) is 4.42. The fourth-order valence-corrected chi connectivity index (χ4v) is 5.84. The molecule has 0 saturated carbocycles. The number of carbonyl (C=O) groups excluding carboxylic acids is 2. The summed E-state index contributed by atoms with van der Waals surface area (Å²) in [5.41, 5.74) is 2.33. The Morgan fingerprint density at radius 2 is 1.47 bits per heavy atom. The van der Waals surface area contributed by atoms with E-state index in [1.807, 2.05) is 24.3 Å². The van der Waals surface area contributed by atoms with Crippen LogP contribution in [0.1, 0.15) is 35.7 Å². The summed E-state index contributed by atoms with van der Waals surface area (Å²) >= 11 is 0. The molecule has 0 bridgehead atoms. The molecule has 0 unspecified atom stereocenters. The van der Waals surface area contributed by atoms with E-state index in [-0.39, 0.29) is 29.8 Å². The topological polar surface area (TPSA) is 90.0 Å². The van der Waals surface area contributed by atoms with E-state index in [1.165, 1.54) is 67.0 Å². The normalized spacial score (nSPS) is 17.6. The number of sulfonamides is 1. The number of hydrogen-bond donors (Lipinski definition) is 1. The number of piperazine rings is 1. The van der Waals surface area contributed by atoms with Crippen molar-refractivity contribution in [2.24, 2.45) is 0 Å². The van der Waals surface area contributed by atoms with Crippen LogP contribution in [-0.4, -0.2) is 80.2 Å². The number of likely N-dealkylation sites (tertiary alicyclic amines) is 1. The lowest BCUT2D eigenvalue weighted by Crippen LogP contribution is -2.49. The molecule has 0 spiro atoms. The van der Waals surface area contributed by atoms with Crippen molar-refractivity contribution >= 4 is 27.5 Å². The molecule has 2 amide bonds. The van der Waals surface area contributed by atoms with Crippen LogP contribution in [0.25, 0.3) is 0 Å². The standard InChI is InChI=1S/C25H32N4O4S/c1-20(30)28-16-18-29(19-17-28)34(32,33)24-10-6-22(7-11-24)25(31)26-23-8-4-21(5-9-23)12-15-27-13-2-3-14-27/h4-11H,2-3,12-19H2,1H3,(H,26,31). The first kappa shape index (κ1) is 24.4. The predicted octanol–water partition coefficient (Wildman–Crippen LogP) is 2.43. The van der Waals surface area contributed by atoms with Crippen molar-refractivity contribution in [2.45, 2.75) is 31.1 Å². The summed E-state index contributed by atoms with van der Waals surface area (Å²) in [7, 11) is -3.67. The summed E-state index contributed by atoms with van der Waals surface area (Å²) in [6.45, 7) is 6.20. The summed E-state index contributed by atoms with van der Waals surface area (Å²) in [5, 5.41) is 2.87. The van der Waals surface area contributed by atoms with Crippen molar-refractivity contribution in [2.75, 3.05) is 51.1 Å². The lowest BCUT2D eigenvalue weighted by Gasteiger charge is -2.33. The molecule has 2 aliphatic rings. The summed E-state index contributed by atoms with van der Waals surface area (Å²) < 4.78 is 27.2. The van der Waals surface area contributed by atoms with Gasteiger partial charge in [-0.15, -0.1) is 0 Å². The van der Waals surface area contributed by atoms with E-state index in [0.29, 0.717) is 24.3 Å². The van der Waals surface area contributed by atoms with Gasteiger partial charge in [-0.2, -0.15) is 4.31 Å². The average molecular weight is 485 g/mol. The number of amides is 2. The third-order valence-electron chi connectivity index (χ3n) is 6.57. The van der Waals surface area contributed by atoms with Gasteiger partial charge in [-0.3, -0.25) is 9.59 Å². The molecule has 0 aromatic heterocycles. The van der Waals surface area contributed by atoms with Crippen molar-refractivity contribution < 1.29 is 18.0 Å². The smallest absolute Gasteiger partial charge is 0.255 e. The zero-order valence-electron chi connectivity index (χ0n) is 19.6. The molecular formula is C25H32N4O4S. The quantitative estimate of drug-likeness (QED) is 0.652. The van der Waals surface area contributed by atoms with Crippen LogP contribution >= 0.6 is 0 Å². The van der Waals surface area contributed by atoms with Gasteiger partial charge in [-0.25, -0.2) is 8.42 Å². The maximum atomic E-state index is 12.9. The highest BCUT2D eigenvalue weighted by Crippen LogP contribution is 2.19. The van der Waals surface area contributed by atoms with Gasteiger partial charge in [0.2, 0.25) is 15.9 Å². The van der Waals surface area contributed by atoms with Crippen molar-refractivity contribution in [3.05, 3.63) is 59.7 Å². The number of hydrogen-bond acceptors (Lipinski definition) is 5. The first-order valence-corrected chi connectivity index (χ1v) is 13.3. The Morgan fingerprint density at radius 3 is 2.06 bits per heavy atom. The van der Waals surface area contributed by atoms with E-state index in [9.17, 15) is 18.0 Å². The Balaban J connectivity index is 1.32. The second-order valence-corrected chi connectivity index (χ2v) is 10.8. The third-order valence-corrected chi connectivity index (χ3v) is 8.48. The molecule has 8 nitrogen and oxygen atoms in total. The van der Waals surface area contributed by atoms with E-state index in [1.54, 1.807) is 4.90 Å². The van der Waals surface area contributed by atoms with Crippen molar-refractivity contribution in [3.63, 3.8) is 0 Å². The molecule has 2 saturated heterocycles. The van der Waals surface area contributed by atoms with Gasteiger partial charge in [-0.1, -0.05) is 12.1 Å². The lowest BCUT2D eigenvalue weighted by atomic mass is 10.1. The molecule has 2 aromatic carbocycles. The number of nitrogens with zero attached hydrogens (tertiary/aromatic N) is 3. The first-order valence-electron chi connectivity index (χ1n) is 11.8. The molecule has 2 aliphatic heterocycles. The molecule has 1 N–H and O–H groups in total. The third kappa shape index (κ3) is 5.84. The molecule has 9 heteroatoms. The number of anilines is 1. The molecule has 4 rings (SSSR count). The van der Waals surface area contributed by atoms with Crippen LogP contribution in [0.2, 0.25) is 0 Å². The lowest BCUT2D eigenvalue weighted by molar-refractivity contribution is -0.129. The van der Waals surface area contributed by atoms with Crippen LogP contribution in [0.4, 0.5) is 5.69 Å². The highest BCUT2D eigenvalue weighted by atomic mass is 32.2. The van der Waals surface area contributed by atoms with Gasteiger partial charge >= 0.3 is 0 Å². The van der Waals surface area contributed by atoms with Gasteiger partial charge in [0.15, 0.2) is 0 Å². The maximum Gasteiger partial charge on any atom is 0.255 e. The first-order chi connectivity index (χ1) is 16.3. The Bertz CT molecular complexity index is 1100. The van der Waals surface area contributed by atoms with E-state index >= 15 is 0 Å². The molecule has 182 valence electrons. The van der Waals surface area contributed by atoms with E-state index in [2.05, 4.69) is 10.2 Å². The van der Waals surface area contributed by atoms with Gasteiger partial charge in [0.05, 0.1) is 4.90 Å². The van der Waals surface area contributed by atoms with Gasteiger partial charge in [0.25, 0.3) is 5.91 Å². The Hall–Kier alpha value is -2.75. The van der Waals surface area contributed by atoms with Gasteiger partial charge in [-0.05, 0) is 74.3 Å². The molecule has 2 fully saturated rings. The molecule has 0 radical (unpaired) electrons. The largest absolute Gasteiger partial charge is 0.340 e. The van der Waals surface area contributed by atoms with E-state index < -0.39 is 10.0 Å². The summed E-state index contributed by atoms with van der Waals surface area (Å²) in [6.07, 6.45) is 3.57. The van der Waals surface area contributed by atoms with Crippen LogP contribution < -0.4 is 5.32 Å². The number of benzene rings is 2. The molecule has 0 atom stereocenters. The minimum atomic E-state index is -3.67. The molecule has 2 heterocycles. The van der Waals surface area contributed by atoms with Crippen LogP contribution in [0.5, 0.6) is 0 Å². The van der Waals surface area contributed by atoms with Crippen LogP contribution in [0, 0.1) is 0 Å². The minimum absolute atomic E-state index is 0.0517. The van der Waals surface area contributed by atoms with Crippen LogP contribution in [0.15, 0.2) is 53.4 Å². The molecular weight excluding hydrogens is 452 g/mol. The Kier molecular flexibility index (Phi) is 7.65. The zero-order chi connectivity index (χ0) is 24.1. The van der Waals surface area contributed by atoms with Gasteiger partial charge < -0.3 is 15.1 Å². The Morgan fingerprint density at radius 1 is 0.853 bits per heavy atom. The predicted molar refractivity (Wildman–Crippen MR) is 131 cm³/mol. The average Bonchev–Trinajstić information content (AvgIpc) is 3.37. The fraction of sp³-hybridized carbons (Fsp3) is 0.440. The molecule has 0 aliphatic carbocycles. The van der Waals surface area contributed by atoms with Gasteiger partial charge in [0.1, 0.15) is 0 Å². The monoisotopic (exact) mass is 484 g/mol. The van der Waals surface area contributed by atoms with Crippen molar-refractivity contribution in [1.82, 2.24) is 14.1 Å².